The SMILES string of the molecule is c1ccc(-c2nc(-c3ccccc3)nc(-c3cccc4sc5c(-c6ccc(-c7cccc8c7sc7ccccc78)c7sc8ccccc8c67)cccc5c34)n2)cc1. The van der Waals surface area contributed by atoms with E-state index in [9.17, 15) is 0 Å². The number of nitrogens with zero attached hydrogens (tertiary/aromatic N) is 3. The molecule has 0 saturated heterocycles. The van der Waals surface area contributed by atoms with Crippen molar-refractivity contribution >= 4 is 94.5 Å². The van der Waals surface area contributed by atoms with Gasteiger partial charge in [-0.25, -0.2) is 15.0 Å². The number of hydrogen-bond donors (Lipinski definition) is 0. The summed E-state index contributed by atoms with van der Waals surface area (Å²) in [5.41, 5.74) is 8.01. The zero-order valence-electron chi connectivity index (χ0n) is 30.3. The molecule has 3 nitrogen and oxygen atoms in total. The molecular weight excluding hydrogens is 751 g/mol. The second-order valence-electron chi connectivity index (χ2n) is 14.2. The van der Waals surface area contributed by atoms with Crippen molar-refractivity contribution in [2.75, 3.05) is 0 Å². The molecule has 0 aliphatic rings. The Morgan fingerprint density at radius 3 is 1.46 bits per heavy atom. The van der Waals surface area contributed by atoms with E-state index < -0.39 is 0 Å². The lowest BCUT2D eigenvalue weighted by Crippen LogP contribution is -2.00. The van der Waals surface area contributed by atoms with E-state index >= 15 is 0 Å². The highest BCUT2D eigenvalue weighted by molar-refractivity contribution is 7.28. The molecule has 0 fully saturated rings. The lowest BCUT2D eigenvalue weighted by Gasteiger charge is -2.11. The molecule has 57 heavy (non-hydrogen) atoms. The lowest BCUT2D eigenvalue weighted by molar-refractivity contribution is 1.08. The third-order valence-electron chi connectivity index (χ3n) is 11.0. The molecule has 0 spiro atoms. The number of benzene rings is 8. The number of rotatable bonds is 5. The van der Waals surface area contributed by atoms with Gasteiger partial charge in [-0.2, -0.15) is 0 Å². The van der Waals surface area contributed by atoms with Gasteiger partial charge in [-0.3, -0.25) is 0 Å². The summed E-state index contributed by atoms with van der Waals surface area (Å²) in [5, 5.41) is 7.63. The Balaban J connectivity index is 1.09. The first kappa shape index (κ1) is 32.7. The fraction of sp³-hybridized carbons (Fsp3) is 0. The minimum atomic E-state index is 0.662. The molecule has 0 amide bonds. The molecule has 8 aromatic carbocycles. The quantitative estimate of drug-likeness (QED) is 0.175. The molecule has 0 aliphatic heterocycles. The minimum Gasteiger partial charge on any atom is -0.208 e. The van der Waals surface area contributed by atoms with Crippen LogP contribution in [0.1, 0.15) is 0 Å². The van der Waals surface area contributed by atoms with Crippen molar-refractivity contribution in [1.29, 1.82) is 0 Å². The molecule has 0 radical (unpaired) electrons. The Bertz CT molecular complexity index is 3470. The highest BCUT2D eigenvalue weighted by atomic mass is 32.1. The third kappa shape index (κ3) is 5.19. The maximum absolute atomic E-state index is 5.14. The molecule has 0 bridgehead atoms. The lowest BCUT2D eigenvalue weighted by atomic mass is 9.93. The van der Waals surface area contributed by atoms with Crippen molar-refractivity contribution in [3.63, 3.8) is 0 Å². The van der Waals surface area contributed by atoms with Gasteiger partial charge >= 0.3 is 0 Å². The molecule has 0 N–H and O–H groups in total. The molecular formula is C51H29N3S3. The molecule has 12 rings (SSSR count). The van der Waals surface area contributed by atoms with E-state index in [1.807, 2.05) is 70.4 Å². The van der Waals surface area contributed by atoms with Gasteiger partial charge in [-0.1, -0.05) is 158 Å². The minimum absolute atomic E-state index is 0.662. The first-order valence-electron chi connectivity index (χ1n) is 18.9. The predicted molar refractivity (Wildman–Crippen MR) is 246 cm³/mol. The van der Waals surface area contributed by atoms with E-state index in [4.69, 9.17) is 15.0 Å². The molecule has 0 saturated carbocycles. The standard InChI is InChI=1S/C51H29N3S3/c1-3-14-30(15-4-1)49-52-50(31-16-5-2-6-17-31)54-51(53-49)40-24-13-27-43-44(40)39-23-12-21-35(47(39)57-43)33-28-29-37(48-45(33)38-19-8-10-26-42(38)56-48)36-22-11-20-34-32-18-7-9-25-41(32)55-46(34)36/h1-29H. The van der Waals surface area contributed by atoms with Gasteiger partial charge in [0.15, 0.2) is 17.5 Å². The molecule has 4 aromatic heterocycles. The van der Waals surface area contributed by atoms with Gasteiger partial charge < -0.3 is 0 Å². The van der Waals surface area contributed by atoms with Crippen LogP contribution in [0.5, 0.6) is 0 Å². The average Bonchev–Trinajstić information content (AvgIpc) is 3.99. The monoisotopic (exact) mass is 779 g/mol. The second kappa shape index (κ2) is 13.0. The topological polar surface area (TPSA) is 38.7 Å². The molecule has 0 unspecified atom stereocenters. The molecule has 4 heterocycles. The fourth-order valence-electron chi connectivity index (χ4n) is 8.40. The van der Waals surface area contributed by atoms with E-state index in [1.165, 1.54) is 82.8 Å². The third-order valence-corrected chi connectivity index (χ3v) is 14.6. The molecule has 12 aromatic rings. The molecule has 0 aliphatic carbocycles. The van der Waals surface area contributed by atoms with Crippen LogP contribution in [0, 0.1) is 0 Å². The van der Waals surface area contributed by atoms with E-state index in [0.29, 0.717) is 17.5 Å². The number of fused-ring (bicyclic) bond motifs is 9. The van der Waals surface area contributed by atoms with Crippen LogP contribution in [0.2, 0.25) is 0 Å². The Kier molecular flexibility index (Phi) is 7.45. The summed E-state index contributed by atoms with van der Waals surface area (Å²) in [7, 11) is 0. The van der Waals surface area contributed by atoms with E-state index in [-0.39, 0.29) is 0 Å². The summed E-state index contributed by atoms with van der Waals surface area (Å²) in [4.78, 5) is 15.3. The van der Waals surface area contributed by atoms with Crippen LogP contribution in [0.25, 0.3) is 117 Å². The van der Waals surface area contributed by atoms with Gasteiger partial charge in [0, 0.05) is 93.9 Å². The van der Waals surface area contributed by atoms with Crippen molar-refractivity contribution in [1.82, 2.24) is 15.0 Å². The van der Waals surface area contributed by atoms with Gasteiger partial charge in [0.05, 0.1) is 0 Å². The predicted octanol–water partition coefficient (Wildman–Crippen LogP) is 15.3. The van der Waals surface area contributed by atoms with E-state index in [2.05, 4.69) is 140 Å². The Morgan fingerprint density at radius 1 is 0.263 bits per heavy atom. The van der Waals surface area contributed by atoms with Crippen LogP contribution >= 0.6 is 34.0 Å². The summed E-state index contributed by atoms with van der Waals surface area (Å²) in [6.07, 6.45) is 0. The number of thiophene rings is 3. The Labute approximate surface area is 339 Å². The van der Waals surface area contributed by atoms with Gasteiger partial charge in [-0.15, -0.1) is 34.0 Å². The van der Waals surface area contributed by atoms with Crippen LogP contribution < -0.4 is 0 Å². The smallest absolute Gasteiger partial charge is 0.164 e. The Hall–Kier alpha value is -6.57. The first-order valence-corrected chi connectivity index (χ1v) is 21.4. The van der Waals surface area contributed by atoms with Crippen molar-refractivity contribution < 1.29 is 0 Å². The summed E-state index contributed by atoms with van der Waals surface area (Å²) in [5.74, 6) is 1.99. The zero-order chi connectivity index (χ0) is 37.5. The van der Waals surface area contributed by atoms with Gasteiger partial charge in [0.2, 0.25) is 0 Å². The highest BCUT2D eigenvalue weighted by Gasteiger charge is 2.22. The van der Waals surface area contributed by atoms with E-state index in [0.717, 1.165) is 16.7 Å². The number of hydrogen-bond acceptors (Lipinski definition) is 6. The van der Waals surface area contributed by atoms with E-state index in [1.54, 1.807) is 0 Å². The summed E-state index contributed by atoms with van der Waals surface area (Å²) in [6, 6.07) is 62.9. The van der Waals surface area contributed by atoms with Crippen LogP contribution in [-0.4, -0.2) is 15.0 Å². The number of aromatic nitrogens is 3. The van der Waals surface area contributed by atoms with Crippen LogP contribution in [0.4, 0.5) is 0 Å². The van der Waals surface area contributed by atoms with Crippen molar-refractivity contribution in [2.45, 2.75) is 0 Å². The summed E-state index contributed by atoms with van der Waals surface area (Å²) in [6.45, 7) is 0. The van der Waals surface area contributed by atoms with Crippen LogP contribution in [0.15, 0.2) is 176 Å². The zero-order valence-corrected chi connectivity index (χ0v) is 32.8. The maximum Gasteiger partial charge on any atom is 0.164 e. The fourth-order valence-corrected chi connectivity index (χ4v) is 12.1. The van der Waals surface area contributed by atoms with Gasteiger partial charge in [-0.05, 0) is 23.8 Å². The van der Waals surface area contributed by atoms with Gasteiger partial charge in [0.1, 0.15) is 0 Å². The average molecular weight is 780 g/mol. The maximum atomic E-state index is 5.14. The van der Waals surface area contributed by atoms with Crippen molar-refractivity contribution in [3.05, 3.63) is 176 Å². The summed E-state index contributed by atoms with van der Waals surface area (Å²) >= 11 is 5.64. The normalized spacial score (nSPS) is 11.9. The van der Waals surface area contributed by atoms with Gasteiger partial charge in [0.25, 0.3) is 0 Å². The largest absolute Gasteiger partial charge is 0.208 e. The molecule has 0 atom stereocenters. The molecule has 6 heteroatoms. The second-order valence-corrected chi connectivity index (χ2v) is 17.4. The summed E-state index contributed by atoms with van der Waals surface area (Å²) < 4.78 is 7.76. The Morgan fingerprint density at radius 2 is 0.719 bits per heavy atom. The first-order chi connectivity index (χ1) is 28.3. The van der Waals surface area contributed by atoms with Crippen LogP contribution in [0.3, 0.4) is 0 Å². The van der Waals surface area contributed by atoms with Crippen molar-refractivity contribution in [3.8, 4) is 56.4 Å². The van der Waals surface area contributed by atoms with Crippen LogP contribution in [-0.2, 0) is 0 Å². The molecule has 266 valence electrons. The van der Waals surface area contributed by atoms with Crippen molar-refractivity contribution in [2.24, 2.45) is 0 Å². The highest BCUT2D eigenvalue weighted by Crippen LogP contribution is 2.50.